The van der Waals surface area contributed by atoms with Crippen LogP contribution in [0.2, 0.25) is 0 Å². The van der Waals surface area contributed by atoms with E-state index in [4.69, 9.17) is 0 Å². The maximum absolute atomic E-state index is 3.57. The van der Waals surface area contributed by atoms with Crippen molar-refractivity contribution in [1.82, 2.24) is 5.32 Å². The third-order valence-electron chi connectivity index (χ3n) is 2.72. The summed E-state index contributed by atoms with van der Waals surface area (Å²) in [6.07, 6.45) is 2.49. The van der Waals surface area contributed by atoms with Crippen molar-refractivity contribution in [2.45, 2.75) is 39.7 Å². The summed E-state index contributed by atoms with van der Waals surface area (Å²) in [6.45, 7) is 7.80. The standard InChI is InChI=1S/C12H20BrNS/c1-4-9(3)6-11(14-5-2)12-7-10(13)8-15-12/h7-9,11,14H,4-6H2,1-3H3. The van der Waals surface area contributed by atoms with E-state index in [1.807, 2.05) is 11.3 Å². The fourth-order valence-electron chi connectivity index (χ4n) is 1.63. The molecule has 0 aliphatic rings. The fraction of sp³-hybridized carbons (Fsp3) is 0.667. The van der Waals surface area contributed by atoms with Gasteiger partial charge in [-0.25, -0.2) is 0 Å². The summed E-state index contributed by atoms with van der Waals surface area (Å²) in [5.41, 5.74) is 0. The van der Waals surface area contributed by atoms with Crippen LogP contribution in [0.1, 0.15) is 44.5 Å². The molecule has 1 aromatic rings. The van der Waals surface area contributed by atoms with Crippen LogP contribution in [-0.2, 0) is 0 Å². The summed E-state index contributed by atoms with van der Waals surface area (Å²) in [6, 6.07) is 2.77. The van der Waals surface area contributed by atoms with Gasteiger partial charge in [0.15, 0.2) is 0 Å². The summed E-state index contributed by atoms with van der Waals surface area (Å²) >= 11 is 5.36. The molecule has 0 saturated carbocycles. The lowest BCUT2D eigenvalue weighted by molar-refractivity contribution is 0.412. The number of thiophene rings is 1. The number of halogens is 1. The third kappa shape index (κ3) is 4.25. The second-order valence-electron chi connectivity index (χ2n) is 4.03. The average Bonchev–Trinajstić information content (AvgIpc) is 2.64. The van der Waals surface area contributed by atoms with Crippen molar-refractivity contribution in [1.29, 1.82) is 0 Å². The largest absolute Gasteiger partial charge is 0.310 e. The predicted molar refractivity (Wildman–Crippen MR) is 72.5 cm³/mol. The minimum Gasteiger partial charge on any atom is -0.310 e. The van der Waals surface area contributed by atoms with E-state index in [0.29, 0.717) is 6.04 Å². The van der Waals surface area contributed by atoms with Gasteiger partial charge in [-0.3, -0.25) is 0 Å². The molecule has 0 radical (unpaired) electrons. The van der Waals surface area contributed by atoms with E-state index in [1.165, 1.54) is 22.2 Å². The number of hydrogen-bond donors (Lipinski definition) is 1. The fourth-order valence-corrected chi connectivity index (χ4v) is 3.16. The first-order valence-corrected chi connectivity index (χ1v) is 7.31. The summed E-state index contributed by atoms with van der Waals surface area (Å²) in [5, 5.41) is 5.73. The van der Waals surface area contributed by atoms with Gasteiger partial charge in [-0.05, 0) is 40.9 Å². The van der Waals surface area contributed by atoms with E-state index in [2.05, 4.69) is 53.5 Å². The van der Waals surface area contributed by atoms with Crippen molar-refractivity contribution in [3.05, 3.63) is 20.8 Å². The highest BCUT2D eigenvalue weighted by molar-refractivity contribution is 9.10. The van der Waals surface area contributed by atoms with Crippen LogP contribution in [-0.4, -0.2) is 6.54 Å². The normalized spacial score (nSPS) is 15.2. The molecule has 86 valence electrons. The summed E-state index contributed by atoms with van der Waals surface area (Å²) < 4.78 is 1.20. The van der Waals surface area contributed by atoms with Crippen molar-refractivity contribution < 1.29 is 0 Å². The summed E-state index contributed by atoms with van der Waals surface area (Å²) in [5.74, 6) is 0.787. The van der Waals surface area contributed by atoms with Crippen LogP contribution in [0.3, 0.4) is 0 Å². The zero-order valence-corrected chi connectivity index (χ0v) is 12.1. The lowest BCUT2D eigenvalue weighted by Gasteiger charge is -2.19. The Morgan fingerprint density at radius 2 is 2.20 bits per heavy atom. The molecule has 1 N–H and O–H groups in total. The van der Waals surface area contributed by atoms with Crippen molar-refractivity contribution in [3.63, 3.8) is 0 Å². The van der Waals surface area contributed by atoms with Gasteiger partial charge >= 0.3 is 0 Å². The minimum absolute atomic E-state index is 0.529. The maximum Gasteiger partial charge on any atom is 0.0417 e. The molecule has 1 nitrogen and oxygen atoms in total. The van der Waals surface area contributed by atoms with E-state index in [0.717, 1.165) is 12.5 Å². The molecule has 1 aromatic heterocycles. The van der Waals surface area contributed by atoms with Gasteiger partial charge in [0, 0.05) is 20.8 Å². The van der Waals surface area contributed by atoms with Crippen LogP contribution in [0, 0.1) is 5.92 Å². The highest BCUT2D eigenvalue weighted by Crippen LogP contribution is 2.30. The van der Waals surface area contributed by atoms with Gasteiger partial charge in [0.25, 0.3) is 0 Å². The first-order chi connectivity index (χ1) is 7.17. The molecule has 1 rings (SSSR count). The van der Waals surface area contributed by atoms with Crippen LogP contribution >= 0.6 is 27.3 Å². The molecule has 0 aromatic carbocycles. The van der Waals surface area contributed by atoms with E-state index >= 15 is 0 Å². The second kappa shape index (κ2) is 6.66. The van der Waals surface area contributed by atoms with Crippen molar-refractivity contribution in [2.24, 2.45) is 5.92 Å². The van der Waals surface area contributed by atoms with Crippen molar-refractivity contribution in [2.75, 3.05) is 6.54 Å². The van der Waals surface area contributed by atoms with Crippen LogP contribution < -0.4 is 5.32 Å². The van der Waals surface area contributed by atoms with Crippen LogP contribution in [0.15, 0.2) is 15.9 Å². The van der Waals surface area contributed by atoms with E-state index in [-0.39, 0.29) is 0 Å². The SMILES string of the molecule is CCNC(CC(C)CC)c1cc(Br)cs1. The van der Waals surface area contributed by atoms with Gasteiger partial charge in [0.05, 0.1) is 0 Å². The maximum atomic E-state index is 3.57. The smallest absolute Gasteiger partial charge is 0.0417 e. The molecule has 3 heteroatoms. The predicted octanol–water partition coefficient (Wildman–Crippen LogP) is 4.60. The molecule has 1 heterocycles. The molecule has 0 bridgehead atoms. The zero-order chi connectivity index (χ0) is 11.3. The molecule has 2 atom stereocenters. The average molecular weight is 290 g/mol. The van der Waals surface area contributed by atoms with Crippen LogP contribution in [0.4, 0.5) is 0 Å². The number of rotatable bonds is 6. The van der Waals surface area contributed by atoms with Crippen LogP contribution in [0.25, 0.3) is 0 Å². The third-order valence-corrected chi connectivity index (χ3v) is 4.52. The first-order valence-electron chi connectivity index (χ1n) is 5.64. The van der Waals surface area contributed by atoms with Gasteiger partial charge in [-0.2, -0.15) is 0 Å². The Labute approximate surface area is 105 Å². The van der Waals surface area contributed by atoms with E-state index < -0.39 is 0 Å². The molecule has 15 heavy (non-hydrogen) atoms. The highest BCUT2D eigenvalue weighted by atomic mass is 79.9. The Morgan fingerprint density at radius 3 is 2.67 bits per heavy atom. The topological polar surface area (TPSA) is 12.0 Å². The lowest BCUT2D eigenvalue weighted by Crippen LogP contribution is -2.21. The van der Waals surface area contributed by atoms with E-state index in [1.54, 1.807) is 0 Å². The van der Waals surface area contributed by atoms with Gasteiger partial charge in [0.1, 0.15) is 0 Å². The molecule has 0 saturated heterocycles. The number of nitrogens with one attached hydrogen (secondary N) is 1. The van der Waals surface area contributed by atoms with Gasteiger partial charge < -0.3 is 5.32 Å². The number of hydrogen-bond acceptors (Lipinski definition) is 2. The Balaban J connectivity index is 2.65. The molecule has 0 aliphatic heterocycles. The molecule has 0 amide bonds. The van der Waals surface area contributed by atoms with Gasteiger partial charge in [-0.15, -0.1) is 11.3 Å². The van der Waals surface area contributed by atoms with Gasteiger partial charge in [0.2, 0.25) is 0 Å². The molecule has 2 unspecified atom stereocenters. The van der Waals surface area contributed by atoms with Crippen molar-refractivity contribution >= 4 is 27.3 Å². The zero-order valence-electron chi connectivity index (χ0n) is 9.72. The quantitative estimate of drug-likeness (QED) is 0.807. The minimum atomic E-state index is 0.529. The molecule has 0 fully saturated rings. The Hall–Kier alpha value is 0.140. The Bertz CT molecular complexity index is 285. The molecule has 0 aliphatic carbocycles. The van der Waals surface area contributed by atoms with Crippen LogP contribution in [0.5, 0.6) is 0 Å². The lowest BCUT2D eigenvalue weighted by atomic mass is 9.98. The monoisotopic (exact) mass is 289 g/mol. The molecular formula is C12H20BrNS. The Morgan fingerprint density at radius 1 is 1.47 bits per heavy atom. The molecule has 0 spiro atoms. The summed E-state index contributed by atoms with van der Waals surface area (Å²) in [4.78, 5) is 1.45. The summed E-state index contributed by atoms with van der Waals surface area (Å²) in [7, 11) is 0. The molecular weight excluding hydrogens is 270 g/mol. The second-order valence-corrected chi connectivity index (χ2v) is 5.89. The van der Waals surface area contributed by atoms with E-state index in [9.17, 15) is 0 Å². The highest BCUT2D eigenvalue weighted by Gasteiger charge is 2.15. The first kappa shape index (κ1) is 13.2. The van der Waals surface area contributed by atoms with Crippen molar-refractivity contribution in [3.8, 4) is 0 Å². The Kier molecular flexibility index (Phi) is 5.87. The van der Waals surface area contributed by atoms with Gasteiger partial charge in [-0.1, -0.05) is 27.2 Å².